The van der Waals surface area contributed by atoms with Gasteiger partial charge in [-0.15, -0.1) is 22.7 Å². The number of hydrogen-bond donors (Lipinski definition) is 1. The molecule has 0 saturated carbocycles. The lowest BCUT2D eigenvalue weighted by Crippen LogP contribution is -1.96. The number of aliphatic hydroxyl groups excluding tert-OH is 1. The Hall–Kier alpha value is -1.12. The number of ether oxygens (including phenoxy) is 1. The second-order valence-electron chi connectivity index (χ2n) is 3.64. The van der Waals surface area contributed by atoms with Crippen molar-refractivity contribution in [1.82, 2.24) is 0 Å². The highest BCUT2D eigenvalue weighted by atomic mass is 32.1. The van der Waals surface area contributed by atoms with Gasteiger partial charge in [-0.1, -0.05) is 17.9 Å². The van der Waals surface area contributed by atoms with Gasteiger partial charge in [-0.3, -0.25) is 0 Å². The second kappa shape index (κ2) is 7.34. The van der Waals surface area contributed by atoms with E-state index < -0.39 is 0 Å². The summed E-state index contributed by atoms with van der Waals surface area (Å²) in [6, 6.07) is 6.20. The van der Waals surface area contributed by atoms with Gasteiger partial charge in [0.25, 0.3) is 0 Å². The highest BCUT2D eigenvalue weighted by molar-refractivity contribution is 7.10. The number of thiophene rings is 2. The van der Waals surface area contributed by atoms with Crippen molar-refractivity contribution < 1.29 is 9.84 Å². The lowest BCUT2D eigenvalue weighted by Gasteiger charge is -2.00. The highest BCUT2D eigenvalue weighted by Crippen LogP contribution is 2.15. The van der Waals surface area contributed by atoms with Crippen LogP contribution in [0.15, 0.2) is 29.0 Å². The Labute approximate surface area is 115 Å². The molecule has 1 N–H and O–H groups in total. The lowest BCUT2D eigenvalue weighted by molar-refractivity contribution is 0.126. The zero-order chi connectivity index (χ0) is 12.6. The normalized spacial score (nSPS) is 10.1. The van der Waals surface area contributed by atoms with Gasteiger partial charge in [0, 0.05) is 27.1 Å². The Bertz CT molecular complexity index is 517. The average molecular weight is 278 g/mol. The van der Waals surface area contributed by atoms with Crippen LogP contribution in [0.4, 0.5) is 0 Å². The fourth-order valence-corrected chi connectivity index (χ4v) is 2.91. The maximum absolute atomic E-state index is 8.60. The first-order chi connectivity index (χ1) is 8.88. The van der Waals surface area contributed by atoms with Crippen molar-refractivity contribution in [3.8, 4) is 11.8 Å². The van der Waals surface area contributed by atoms with Crippen LogP contribution in [-0.2, 0) is 17.8 Å². The summed E-state index contributed by atoms with van der Waals surface area (Å²) in [7, 11) is 0. The average Bonchev–Trinajstić information content (AvgIpc) is 3.04. The van der Waals surface area contributed by atoms with Gasteiger partial charge in [-0.2, -0.15) is 0 Å². The Morgan fingerprint density at radius 1 is 1.28 bits per heavy atom. The van der Waals surface area contributed by atoms with Crippen LogP contribution in [0.3, 0.4) is 0 Å². The molecule has 0 amide bonds. The van der Waals surface area contributed by atoms with Crippen molar-refractivity contribution in [2.75, 3.05) is 13.2 Å². The van der Waals surface area contributed by atoms with Gasteiger partial charge < -0.3 is 9.84 Å². The Balaban J connectivity index is 1.71. The molecule has 4 heteroatoms. The van der Waals surface area contributed by atoms with E-state index in [0.29, 0.717) is 6.61 Å². The van der Waals surface area contributed by atoms with Crippen LogP contribution in [0.1, 0.15) is 15.3 Å². The molecule has 0 aliphatic carbocycles. The quantitative estimate of drug-likeness (QED) is 0.673. The maximum Gasteiger partial charge on any atom is 0.104 e. The van der Waals surface area contributed by atoms with E-state index in [4.69, 9.17) is 9.84 Å². The van der Waals surface area contributed by atoms with E-state index >= 15 is 0 Å². The number of aliphatic hydroxyl groups is 1. The molecule has 2 nitrogen and oxygen atoms in total. The van der Waals surface area contributed by atoms with Gasteiger partial charge >= 0.3 is 0 Å². The van der Waals surface area contributed by atoms with Gasteiger partial charge in [-0.25, -0.2) is 0 Å². The van der Waals surface area contributed by atoms with Crippen LogP contribution in [-0.4, -0.2) is 18.3 Å². The van der Waals surface area contributed by atoms with E-state index in [9.17, 15) is 0 Å². The molecular formula is C14H14O2S2. The van der Waals surface area contributed by atoms with Gasteiger partial charge in [0.1, 0.15) is 6.61 Å². The summed E-state index contributed by atoms with van der Waals surface area (Å²) in [6.45, 7) is 1.29. The SMILES string of the molecule is OCC#Cc1csc(COCCc2cccs2)c1. The lowest BCUT2D eigenvalue weighted by atomic mass is 10.3. The number of rotatable bonds is 5. The largest absolute Gasteiger partial charge is 0.384 e. The molecule has 0 saturated heterocycles. The topological polar surface area (TPSA) is 29.5 Å². The molecule has 2 aromatic heterocycles. The van der Waals surface area contributed by atoms with Crippen molar-refractivity contribution in [3.63, 3.8) is 0 Å². The molecule has 18 heavy (non-hydrogen) atoms. The fourth-order valence-electron chi connectivity index (χ4n) is 1.46. The summed E-state index contributed by atoms with van der Waals surface area (Å²) in [5.74, 6) is 5.52. The van der Waals surface area contributed by atoms with Gasteiger partial charge in [-0.05, 0) is 17.5 Å². The van der Waals surface area contributed by atoms with E-state index in [0.717, 1.165) is 18.6 Å². The Morgan fingerprint density at radius 2 is 2.22 bits per heavy atom. The summed E-state index contributed by atoms with van der Waals surface area (Å²) in [4.78, 5) is 2.53. The predicted molar refractivity (Wildman–Crippen MR) is 76.0 cm³/mol. The molecule has 0 atom stereocenters. The molecule has 0 aliphatic heterocycles. The summed E-state index contributed by atoms with van der Waals surface area (Å²) in [5, 5.41) is 12.7. The van der Waals surface area contributed by atoms with Crippen LogP contribution >= 0.6 is 22.7 Å². The molecule has 0 fully saturated rings. The summed E-state index contributed by atoms with van der Waals surface area (Å²) in [5.41, 5.74) is 0.950. The van der Waals surface area contributed by atoms with Crippen molar-refractivity contribution in [2.45, 2.75) is 13.0 Å². The first kappa shape index (κ1) is 13.3. The summed E-state index contributed by atoms with van der Waals surface area (Å²) in [6.07, 6.45) is 0.972. The minimum Gasteiger partial charge on any atom is -0.384 e. The van der Waals surface area contributed by atoms with Crippen LogP contribution < -0.4 is 0 Å². The molecule has 0 radical (unpaired) electrons. The third-order valence-corrected chi connectivity index (χ3v) is 4.13. The van der Waals surface area contributed by atoms with Crippen LogP contribution in [0, 0.1) is 11.8 Å². The summed E-state index contributed by atoms with van der Waals surface area (Å²) >= 11 is 3.40. The van der Waals surface area contributed by atoms with Gasteiger partial charge in [0.2, 0.25) is 0 Å². The second-order valence-corrected chi connectivity index (χ2v) is 5.67. The van der Waals surface area contributed by atoms with Crippen LogP contribution in [0.5, 0.6) is 0 Å². The molecule has 0 unspecified atom stereocenters. The molecule has 2 rings (SSSR count). The molecule has 0 aliphatic rings. The van der Waals surface area contributed by atoms with Crippen molar-refractivity contribution >= 4 is 22.7 Å². The monoisotopic (exact) mass is 278 g/mol. The van der Waals surface area contributed by atoms with E-state index in [1.807, 2.05) is 11.4 Å². The minimum atomic E-state index is -0.0947. The summed E-state index contributed by atoms with van der Waals surface area (Å²) < 4.78 is 5.63. The Kier molecular flexibility index (Phi) is 5.43. The molecular weight excluding hydrogens is 264 g/mol. The molecule has 2 heterocycles. The zero-order valence-corrected chi connectivity index (χ0v) is 11.5. The van der Waals surface area contributed by atoms with E-state index in [2.05, 4.69) is 29.4 Å². The third-order valence-electron chi connectivity index (χ3n) is 2.28. The predicted octanol–water partition coefficient (Wildman–Crippen LogP) is 2.91. The highest BCUT2D eigenvalue weighted by Gasteiger charge is 1.99. The molecule has 0 aromatic carbocycles. The van der Waals surface area contributed by atoms with Gasteiger partial charge in [0.05, 0.1) is 13.2 Å². The standard InChI is InChI=1S/C14H14O2S2/c15-6-1-3-12-9-14(18-11-12)10-16-7-5-13-4-2-8-17-13/h2,4,8-9,11,15H,5-7,10H2. The Morgan fingerprint density at radius 3 is 3.00 bits per heavy atom. The number of hydrogen-bond acceptors (Lipinski definition) is 4. The first-order valence-electron chi connectivity index (χ1n) is 5.66. The van der Waals surface area contributed by atoms with Crippen LogP contribution in [0.2, 0.25) is 0 Å². The third kappa shape index (κ3) is 4.28. The molecule has 0 spiro atoms. The molecule has 0 bridgehead atoms. The van der Waals surface area contributed by atoms with Crippen LogP contribution in [0.25, 0.3) is 0 Å². The molecule has 2 aromatic rings. The minimum absolute atomic E-state index is 0.0947. The zero-order valence-electron chi connectivity index (χ0n) is 9.89. The molecule has 94 valence electrons. The van der Waals surface area contributed by atoms with Crippen molar-refractivity contribution in [1.29, 1.82) is 0 Å². The van der Waals surface area contributed by atoms with Crippen molar-refractivity contribution in [2.24, 2.45) is 0 Å². The maximum atomic E-state index is 8.60. The smallest absolute Gasteiger partial charge is 0.104 e. The van der Waals surface area contributed by atoms with E-state index in [1.54, 1.807) is 22.7 Å². The van der Waals surface area contributed by atoms with Gasteiger partial charge in [0.15, 0.2) is 0 Å². The van der Waals surface area contributed by atoms with E-state index in [-0.39, 0.29) is 6.61 Å². The first-order valence-corrected chi connectivity index (χ1v) is 7.41. The fraction of sp³-hybridized carbons (Fsp3) is 0.286. The van der Waals surface area contributed by atoms with E-state index in [1.165, 1.54) is 9.75 Å². The van der Waals surface area contributed by atoms with Crippen molar-refractivity contribution in [3.05, 3.63) is 44.3 Å².